The smallest absolute Gasteiger partial charge is 0.184 e. The Kier molecular flexibility index (Phi) is 4.16. The standard InChI is InChI=1S/C11H24O2Si/c1-9-6-10(12-2)8-11(7-9)13-14(3,4)5/h9-11H,6-8H2,1-5H3/t9-,10+,11-/m0/s1. The van der Waals surface area contributed by atoms with Crippen molar-refractivity contribution in [2.24, 2.45) is 5.92 Å². The van der Waals surface area contributed by atoms with Crippen molar-refractivity contribution in [3.63, 3.8) is 0 Å². The van der Waals surface area contributed by atoms with Gasteiger partial charge in [-0.05, 0) is 44.8 Å². The van der Waals surface area contributed by atoms with Crippen LogP contribution in [0.25, 0.3) is 0 Å². The Hall–Kier alpha value is 0.137. The van der Waals surface area contributed by atoms with Crippen LogP contribution in [0.1, 0.15) is 26.2 Å². The SMILES string of the molecule is CO[C@@H]1C[C@H](C)C[C@H](O[Si](C)(C)C)C1. The summed E-state index contributed by atoms with van der Waals surface area (Å²) in [4.78, 5) is 0. The summed E-state index contributed by atoms with van der Waals surface area (Å²) >= 11 is 0. The zero-order valence-corrected chi connectivity index (χ0v) is 11.2. The zero-order valence-electron chi connectivity index (χ0n) is 10.2. The Labute approximate surface area is 89.1 Å². The highest BCUT2D eigenvalue weighted by atomic mass is 28.4. The van der Waals surface area contributed by atoms with Gasteiger partial charge in [0.1, 0.15) is 0 Å². The number of hydrogen-bond donors (Lipinski definition) is 0. The molecule has 2 nitrogen and oxygen atoms in total. The molecule has 1 saturated carbocycles. The molecule has 0 aliphatic heterocycles. The van der Waals surface area contributed by atoms with Gasteiger partial charge in [-0.15, -0.1) is 0 Å². The molecule has 0 aromatic heterocycles. The molecule has 0 bridgehead atoms. The first-order valence-corrected chi connectivity index (χ1v) is 9.02. The number of rotatable bonds is 3. The van der Waals surface area contributed by atoms with Gasteiger partial charge in [0, 0.05) is 13.2 Å². The van der Waals surface area contributed by atoms with Gasteiger partial charge in [0.05, 0.1) is 6.10 Å². The molecule has 3 heteroatoms. The van der Waals surface area contributed by atoms with Crippen LogP contribution in [-0.4, -0.2) is 27.6 Å². The highest BCUT2D eigenvalue weighted by molar-refractivity contribution is 6.69. The third-order valence-electron chi connectivity index (χ3n) is 2.71. The lowest BCUT2D eigenvalue weighted by molar-refractivity contribution is -0.000431. The second-order valence-corrected chi connectivity index (χ2v) is 9.98. The molecular weight excluding hydrogens is 192 g/mol. The van der Waals surface area contributed by atoms with Gasteiger partial charge in [0.2, 0.25) is 0 Å². The molecule has 84 valence electrons. The quantitative estimate of drug-likeness (QED) is 0.675. The van der Waals surface area contributed by atoms with Crippen LogP contribution in [0.5, 0.6) is 0 Å². The molecule has 1 fully saturated rings. The van der Waals surface area contributed by atoms with Crippen molar-refractivity contribution in [2.45, 2.75) is 58.0 Å². The zero-order chi connectivity index (χ0) is 10.8. The normalized spacial score (nSPS) is 34.5. The minimum atomic E-state index is -1.37. The predicted octanol–water partition coefficient (Wildman–Crippen LogP) is 3.04. The van der Waals surface area contributed by atoms with Gasteiger partial charge in [-0.1, -0.05) is 6.92 Å². The van der Waals surface area contributed by atoms with E-state index in [2.05, 4.69) is 26.6 Å². The molecule has 0 unspecified atom stereocenters. The van der Waals surface area contributed by atoms with Gasteiger partial charge in [-0.25, -0.2) is 0 Å². The lowest BCUT2D eigenvalue weighted by Gasteiger charge is -2.36. The first kappa shape index (κ1) is 12.2. The fourth-order valence-electron chi connectivity index (χ4n) is 2.27. The summed E-state index contributed by atoms with van der Waals surface area (Å²) in [5.41, 5.74) is 0. The summed E-state index contributed by atoms with van der Waals surface area (Å²) in [6.07, 6.45) is 4.35. The molecule has 1 rings (SSSR count). The Bertz CT molecular complexity index is 177. The number of hydrogen-bond acceptors (Lipinski definition) is 2. The lowest BCUT2D eigenvalue weighted by Crippen LogP contribution is -2.38. The monoisotopic (exact) mass is 216 g/mol. The summed E-state index contributed by atoms with van der Waals surface area (Å²) in [6, 6.07) is 0. The second-order valence-electron chi connectivity index (χ2n) is 5.52. The van der Waals surface area contributed by atoms with Crippen LogP contribution in [0, 0.1) is 5.92 Å². The molecule has 0 saturated heterocycles. The van der Waals surface area contributed by atoms with Crippen molar-refractivity contribution in [1.82, 2.24) is 0 Å². The second kappa shape index (κ2) is 4.77. The van der Waals surface area contributed by atoms with Crippen LogP contribution in [0.4, 0.5) is 0 Å². The molecule has 1 aliphatic rings. The summed E-state index contributed by atoms with van der Waals surface area (Å²) < 4.78 is 11.6. The van der Waals surface area contributed by atoms with E-state index in [-0.39, 0.29) is 0 Å². The van der Waals surface area contributed by atoms with Crippen LogP contribution in [-0.2, 0) is 9.16 Å². The highest BCUT2D eigenvalue weighted by Gasteiger charge is 2.30. The molecule has 0 N–H and O–H groups in total. The first-order chi connectivity index (χ1) is 6.40. The van der Waals surface area contributed by atoms with E-state index in [0.717, 1.165) is 12.3 Å². The van der Waals surface area contributed by atoms with E-state index in [0.29, 0.717) is 12.2 Å². The van der Waals surface area contributed by atoms with Crippen molar-refractivity contribution in [3.05, 3.63) is 0 Å². The molecule has 0 spiro atoms. The maximum absolute atomic E-state index is 6.14. The van der Waals surface area contributed by atoms with E-state index in [1.54, 1.807) is 0 Å². The van der Waals surface area contributed by atoms with Crippen molar-refractivity contribution in [3.8, 4) is 0 Å². The molecule has 0 aromatic rings. The van der Waals surface area contributed by atoms with E-state index >= 15 is 0 Å². The topological polar surface area (TPSA) is 18.5 Å². The molecule has 0 amide bonds. The Morgan fingerprint density at radius 3 is 2.07 bits per heavy atom. The fraction of sp³-hybridized carbons (Fsp3) is 1.00. The maximum Gasteiger partial charge on any atom is 0.184 e. The van der Waals surface area contributed by atoms with Gasteiger partial charge < -0.3 is 9.16 Å². The summed E-state index contributed by atoms with van der Waals surface area (Å²) in [5, 5.41) is 0. The number of ether oxygens (including phenoxy) is 1. The van der Waals surface area contributed by atoms with Crippen LogP contribution in [0.15, 0.2) is 0 Å². The minimum Gasteiger partial charge on any atom is -0.415 e. The average molecular weight is 216 g/mol. The molecule has 0 radical (unpaired) electrons. The van der Waals surface area contributed by atoms with Crippen LogP contribution in [0.3, 0.4) is 0 Å². The molecule has 14 heavy (non-hydrogen) atoms. The predicted molar refractivity (Wildman–Crippen MR) is 62.0 cm³/mol. The average Bonchev–Trinajstić information content (AvgIpc) is 1.99. The minimum absolute atomic E-state index is 0.417. The van der Waals surface area contributed by atoms with E-state index < -0.39 is 8.32 Å². The third kappa shape index (κ3) is 4.11. The van der Waals surface area contributed by atoms with Crippen molar-refractivity contribution in [1.29, 1.82) is 0 Å². The summed E-state index contributed by atoms with van der Waals surface area (Å²) in [7, 11) is 0.442. The van der Waals surface area contributed by atoms with Crippen molar-refractivity contribution < 1.29 is 9.16 Å². The first-order valence-electron chi connectivity index (χ1n) is 5.61. The van der Waals surface area contributed by atoms with Crippen LogP contribution in [0.2, 0.25) is 19.6 Å². The Morgan fingerprint density at radius 1 is 1.00 bits per heavy atom. The van der Waals surface area contributed by atoms with Gasteiger partial charge in [0.25, 0.3) is 0 Å². The molecular formula is C11H24O2Si. The molecule has 1 aliphatic carbocycles. The Morgan fingerprint density at radius 2 is 1.57 bits per heavy atom. The van der Waals surface area contributed by atoms with E-state index in [1.807, 2.05) is 7.11 Å². The van der Waals surface area contributed by atoms with E-state index in [9.17, 15) is 0 Å². The molecule has 0 heterocycles. The van der Waals surface area contributed by atoms with Crippen LogP contribution >= 0.6 is 0 Å². The Balaban J connectivity index is 2.45. The molecule has 0 aromatic carbocycles. The largest absolute Gasteiger partial charge is 0.415 e. The summed E-state index contributed by atoms with van der Waals surface area (Å²) in [5.74, 6) is 0.745. The fourth-order valence-corrected chi connectivity index (χ4v) is 3.46. The van der Waals surface area contributed by atoms with Crippen molar-refractivity contribution >= 4 is 8.32 Å². The maximum atomic E-state index is 6.14. The van der Waals surface area contributed by atoms with Gasteiger partial charge in [-0.2, -0.15) is 0 Å². The van der Waals surface area contributed by atoms with Crippen LogP contribution < -0.4 is 0 Å². The molecule has 3 atom stereocenters. The van der Waals surface area contributed by atoms with Crippen molar-refractivity contribution in [2.75, 3.05) is 7.11 Å². The highest BCUT2D eigenvalue weighted by Crippen LogP contribution is 2.29. The van der Waals surface area contributed by atoms with E-state index in [1.165, 1.54) is 12.8 Å². The third-order valence-corrected chi connectivity index (χ3v) is 3.75. The van der Waals surface area contributed by atoms with Gasteiger partial charge >= 0.3 is 0 Å². The number of methoxy groups -OCH3 is 1. The summed E-state index contributed by atoms with van der Waals surface area (Å²) in [6.45, 7) is 9.07. The van der Waals surface area contributed by atoms with Gasteiger partial charge in [-0.3, -0.25) is 0 Å². The van der Waals surface area contributed by atoms with Gasteiger partial charge in [0.15, 0.2) is 8.32 Å². The van der Waals surface area contributed by atoms with E-state index in [4.69, 9.17) is 9.16 Å². The lowest BCUT2D eigenvalue weighted by atomic mass is 9.87.